The molecule has 1 heterocycles. The Morgan fingerprint density at radius 3 is 2.69 bits per heavy atom. The summed E-state index contributed by atoms with van der Waals surface area (Å²) in [7, 11) is 0. The summed E-state index contributed by atoms with van der Waals surface area (Å²) in [6.07, 6.45) is 3.87. The van der Waals surface area contributed by atoms with Crippen molar-refractivity contribution in [3.8, 4) is 0 Å². The normalized spacial score (nSPS) is 18.5. The van der Waals surface area contributed by atoms with Crippen LogP contribution in [-0.4, -0.2) is 20.7 Å². The van der Waals surface area contributed by atoms with Crippen molar-refractivity contribution >= 4 is 5.91 Å². The summed E-state index contributed by atoms with van der Waals surface area (Å²) in [4.78, 5) is 16.4. The minimum absolute atomic E-state index is 0.0124. The molecule has 0 bridgehead atoms. The predicted octanol–water partition coefficient (Wildman–Crippen LogP) is 2.89. The lowest BCUT2D eigenvalue weighted by Crippen LogP contribution is -2.25. The molecule has 6 heteroatoms. The first-order valence-electron chi connectivity index (χ1n) is 8.63. The molecule has 1 saturated carbocycles. The zero-order valence-corrected chi connectivity index (χ0v) is 14.2. The summed E-state index contributed by atoms with van der Waals surface area (Å²) in [6.45, 7) is 1.05. The van der Waals surface area contributed by atoms with Gasteiger partial charge < -0.3 is 5.32 Å². The van der Waals surface area contributed by atoms with Gasteiger partial charge in [-0.05, 0) is 35.1 Å². The Morgan fingerprint density at radius 2 is 1.92 bits per heavy atom. The average Bonchev–Trinajstić information content (AvgIpc) is 3.29. The number of hydrogen-bond acceptors (Lipinski definition) is 3. The van der Waals surface area contributed by atoms with Crippen molar-refractivity contribution in [3.05, 3.63) is 83.7 Å². The van der Waals surface area contributed by atoms with Gasteiger partial charge in [-0.25, -0.2) is 14.1 Å². The molecule has 2 atom stereocenters. The molecule has 2 aromatic carbocycles. The van der Waals surface area contributed by atoms with Gasteiger partial charge in [-0.1, -0.05) is 42.5 Å². The van der Waals surface area contributed by atoms with Crippen LogP contribution in [0.4, 0.5) is 4.39 Å². The van der Waals surface area contributed by atoms with Crippen molar-refractivity contribution in [1.29, 1.82) is 0 Å². The number of rotatable bonds is 6. The highest BCUT2D eigenvalue weighted by Crippen LogP contribution is 2.48. The fourth-order valence-electron chi connectivity index (χ4n) is 3.29. The SMILES string of the molecule is O=C(NCc1ccccc1Cn1cncn1)C1CC1c1ccccc1F. The predicted molar refractivity (Wildman–Crippen MR) is 94.7 cm³/mol. The van der Waals surface area contributed by atoms with Crippen LogP contribution >= 0.6 is 0 Å². The van der Waals surface area contributed by atoms with Crippen molar-refractivity contribution in [2.75, 3.05) is 0 Å². The van der Waals surface area contributed by atoms with Gasteiger partial charge in [0.2, 0.25) is 5.91 Å². The van der Waals surface area contributed by atoms with Crippen molar-refractivity contribution in [3.63, 3.8) is 0 Å². The maximum absolute atomic E-state index is 13.9. The number of halogens is 1. The van der Waals surface area contributed by atoms with Gasteiger partial charge >= 0.3 is 0 Å². The quantitative estimate of drug-likeness (QED) is 0.744. The number of nitrogens with one attached hydrogen (secondary N) is 1. The molecule has 1 N–H and O–H groups in total. The number of benzene rings is 2. The fourth-order valence-corrected chi connectivity index (χ4v) is 3.29. The number of hydrogen-bond donors (Lipinski definition) is 1. The molecule has 1 aliphatic carbocycles. The van der Waals surface area contributed by atoms with Crippen LogP contribution < -0.4 is 5.32 Å². The van der Waals surface area contributed by atoms with E-state index in [1.54, 1.807) is 23.1 Å². The highest BCUT2D eigenvalue weighted by molar-refractivity contribution is 5.82. The van der Waals surface area contributed by atoms with Gasteiger partial charge in [-0.2, -0.15) is 5.10 Å². The Kier molecular flexibility index (Phi) is 4.48. The second-order valence-corrected chi connectivity index (χ2v) is 6.55. The molecule has 1 aromatic heterocycles. The van der Waals surface area contributed by atoms with E-state index in [-0.39, 0.29) is 23.6 Å². The van der Waals surface area contributed by atoms with Crippen molar-refractivity contribution in [1.82, 2.24) is 20.1 Å². The van der Waals surface area contributed by atoms with Gasteiger partial charge in [0, 0.05) is 12.5 Å². The van der Waals surface area contributed by atoms with Crippen LogP contribution in [0.5, 0.6) is 0 Å². The number of aromatic nitrogens is 3. The van der Waals surface area contributed by atoms with E-state index >= 15 is 0 Å². The van der Waals surface area contributed by atoms with Crippen LogP contribution in [0, 0.1) is 11.7 Å². The highest BCUT2D eigenvalue weighted by atomic mass is 19.1. The van der Waals surface area contributed by atoms with E-state index in [0.717, 1.165) is 11.1 Å². The molecule has 1 fully saturated rings. The Bertz CT molecular complexity index is 910. The van der Waals surface area contributed by atoms with E-state index in [4.69, 9.17) is 0 Å². The number of carbonyl (C=O) groups excluding carboxylic acids is 1. The van der Waals surface area contributed by atoms with Gasteiger partial charge in [0.15, 0.2) is 0 Å². The average molecular weight is 350 g/mol. The maximum atomic E-state index is 13.9. The summed E-state index contributed by atoms with van der Waals surface area (Å²) < 4.78 is 15.6. The third kappa shape index (κ3) is 3.49. The summed E-state index contributed by atoms with van der Waals surface area (Å²) in [5.74, 6) is -0.407. The monoisotopic (exact) mass is 350 g/mol. The van der Waals surface area contributed by atoms with Crippen molar-refractivity contribution in [2.45, 2.75) is 25.4 Å². The number of nitrogens with zero attached hydrogens (tertiary/aromatic N) is 3. The van der Waals surface area contributed by atoms with E-state index in [9.17, 15) is 9.18 Å². The smallest absolute Gasteiger partial charge is 0.224 e. The van der Waals surface area contributed by atoms with E-state index in [1.807, 2.05) is 30.3 Å². The van der Waals surface area contributed by atoms with Gasteiger partial charge in [0.25, 0.3) is 0 Å². The molecule has 4 rings (SSSR count). The molecule has 3 aromatic rings. The minimum atomic E-state index is -0.231. The summed E-state index contributed by atoms with van der Waals surface area (Å²) in [5.41, 5.74) is 2.76. The largest absolute Gasteiger partial charge is 0.352 e. The second kappa shape index (κ2) is 7.07. The molecular formula is C20H19FN4O. The zero-order chi connectivity index (χ0) is 17.9. The van der Waals surface area contributed by atoms with Crippen molar-refractivity contribution < 1.29 is 9.18 Å². The highest BCUT2D eigenvalue weighted by Gasteiger charge is 2.44. The fraction of sp³-hybridized carbons (Fsp3) is 0.250. The maximum Gasteiger partial charge on any atom is 0.224 e. The topological polar surface area (TPSA) is 59.8 Å². The van der Waals surface area contributed by atoms with E-state index in [0.29, 0.717) is 25.1 Å². The van der Waals surface area contributed by atoms with Crippen LogP contribution in [-0.2, 0) is 17.9 Å². The number of carbonyl (C=O) groups is 1. The zero-order valence-electron chi connectivity index (χ0n) is 14.2. The lowest BCUT2D eigenvalue weighted by Gasteiger charge is -2.11. The molecule has 0 aliphatic heterocycles. The molecule has 0 spiro atoms. The first-order chi connectivity index (χ1) is 12.7. The Morgan fingerprint density at radius 1 is 1.15 bits per heavy atom. The van der Waals surface area contributed by atoms with E-state index < -0.39 is 0 Å². The molecule has 2 unspecified atom stereocenters. The standard InChI is InChI=1S/C20H19FN4O/c21-19-8-4-3-7-16(19)17-9-18(17)20(26)23-10-14-5-1-2-6-15(14)11-25-13-22-12-24-25/h1-8,12-13,17-18H,9-11H2,(H,23,26). The second-order valence-electron chi connectivity index (χ2n) is 6.55. The Balaban J connectivity index is 1.38. The minimum Gasteiger partial charge on any atom is -0.352 e. The lowest BCUT2D eigenvalue weighted by atomic mass is 10.1. The van der Waals surface area contributed by atoms with Crippen molar-refractivity contribution in [2.24, 2.45) is 5.92 Å². The third-order valence-corrected chi connectivity index (χ3v) is 4.80. The van der Waals surface area contributed by atoms with Crippen LogP contribution in [0.25, 0.3) is 0 Å². The molecule has 0 radical (unpaired) electrons. The molecule has 1 amide bonds. The number of amides is 1. The molecule has 5 nitrogen and oxygen atoms in total. The molecule has 26 heavy (non-hydrogen) atoms. The van der Waals surface area contributed by atoms with Gasteiger partial charge in [-0.15, -0.1) is 0 Å². The third-order valence-electron chi connectivity index (χ3n) is 4.80. The lowest BCUT2D eigenvalue weighted by molar-refractivity contribution is -0.122. The van der Waals surface area contributed by atoms with Crippen LogP contribution in [0.1, 0.15) is 29.0 Å². The summed E-state index contributed by atoms with van der Waals surface area (Å²) in [5, 5.41) is 7.11. The van der Waals surface area contributed by atoms with Crippen LogP contribution in [0.15, 0.2) is 61.2 Å². The molecule has 0 saturated heterocycles. The van der Waals surface area contributed by atoms with E-state index in [2.05, 4.69) is 15.4 Å². The first-order valence-corrected chi connectivity index (χ1v) is 8.63. The van der Waals surface area contributed by atoms with Crippen LogP contribution in [0.3, 0.4) is 0 Å². The molecular weight excluding hydrogens is 331 g/mol. The molecule has 132 valence electrons. The van der Waals surface area contributed by atoms with Crippen LogP contribution in [0.2, 0.25) is 0 Å². The van der Waals surface area contributed by atoms with Gasteiger partial charge in [0.1, 0.15) is 18.5 Å². The van der Waals surface area contributed by atoms with E-state index in [1.165, 1.54) is 12.4 Å². The summed E-state index contributed by atoms with van der Waals surface area (Å²) >= 11 is 0. The van der Waals surface area contributed by atoms with Gasteiger partial charge in [0.05, 0.1) is 6.54 Å². The first kappa shape index (κ1) is 16.4. The Hall–Kier alpha value is -3.02. The van der Waals surface area contributed by atoms with Gasteiger partial charge in [-0.3, -0.25) is 4.79 Å². The summed E-state index contributed by atoms with van der Waals surface area (Å²) in [6, 6.07) is 14.6. The molecule has 1 aliphatic rings. The Labute approximate surface area is 150 Å².